The lowest BCUT2D eigenvalue weighted by molar-refractivity contribution is -0.141. The van der Waals surface area contributed by atoms with Crippen molar-refractivity contribution in [1.82, 2.24) is 8.87 Å². The summed E-state index contributed by atoms with van der Waals surface area (Å²) >= 11 is 0. The first-order valence-electron chi connectivity index (χ1n) is 6.83. The van der Waals surface area contributed by atoms with Crippen LogP contribution in [-0.2, 0) is 26.6 Å². The molecule has 1 saturated heterocycles. The Morgan fingerprint density at radius 1 is 1.45 bits per heavy atom. The van der Waals surface area contributed by atoms with Crippen molar-refractivity contribution in [3.05, 3.63) is 18.0 Å². The first-order valence-corrected chi connectivity index (χ1v) is 8.27. The molecule has 0 aliphatic carbocycles. The van der Waals surface area contributed by atoms with Gasteiger partial charge in [0.15, 0.2) is 0 Å². The van der Waals surface area contributed by atoms with Crippen molar-refractivity contribution < 1.29 is 27.9 Å². The van der Waals surface area contributed by atoms with E-state index in [0.717, 1.165) is 4.31 Å². The highest BCUT2D eigenvalue weighted by atomic mass is 32.2. The van der Waals surface area contributed by atoms with Gasteiger partial charge in [-0.2, -0.15) is 4.31 Å². The largest absolute Gasteiger partial charge is 0.481 e. The van der Waals surface area contributed by atoms with Crippen LogP contribution in [0.5, 0.6) is 0 Å². The molecule has 1 unspecified atom stereocenters. The molecule has 1 atom stereocenters. The zero-order valence-electron chi connectivity index (χ0n) is 12.4. The standard InChI is InChI=1S/C13H18N2O6S/c1-3-21-13(18)11-6-10(8-14(11)2)22(19,20)15-5-4-9(7-15)12(16)17/h6,8-9H,3-5,7H2,1-2H3,(H,16,17). The number of aryl methyl sites for hydroxylation is 1. The second-order valence-electron chi connectivity index (χ2n) is 5.08. The van der Waals surface area contributed by atoms with E-state index in [1.54, 1.807) is 14.0 Å². The number of carboxylic acids is 1. The third-order valence-corrected chi connectivity index (χ3v) is 5.43. The average molecular weight is 330 g/mol. The summed E-state index contributed by atoms with van der Waals surface area (Å²) in [6.45, 7) is 1.96. The number of aliphatic carboxylic acids is 1. The number of esters is 1. The Balaban J connectivity index is 2.26. The monoisotopic (exact) mass is 330 g/mol. The molecule has 1 aromatic heterocycles. The molecule has 0 saturated carbocycles. The molecule has 1 aromatic rings. The Kier molecular flexibility index (Phi) is 4.57. The molecule has 1 N–H and O–H groups in total. The van der Waals surface area contributed by atoms with Gasteiger partial charge in [-0.15, -0.1) is 0 Å². The van der Waals surface area contributed by atoms with Crippen molar-refractivity contribution in [2.75, 3.05) is 19.7 Å². The van der Waals surface area contributed by atoms with E-state index in [0.29, 0.717) is 0 Å². The van der Waals surface area contributed by atoms with Crippen LogP contribution in [0, 0.1) is 5.92 Å². The number of sulfonamides is 1. The number of carbonyl (C=O) groups is 2. The van der Waals surface area contributed by atoms with E-state index in [1.807, 2.05) is 0 Å². The van der Waals surface area contributed by atoms with E-state index in [-0.39, 0.29) is 36.7 Å². The van der Waals surface area contributed by atoms with Crippen LogP contribution in [0.2, 0.25) is 0 Å². The van der Waals surface area contributed by atoms with Crippen LogP contribution >= 0.6 is 0 Å². The van der Waals surface area contributed by atoms with Gasteiger partial charge in [-0.1, -0.05) is 0 Å². The van der Waals surface area contributed by atoms with Gasteiger partial charge in [-0.05, 0) is 19.4 Å². The summed E-state index contributed by atoms with van der Waals surface area (Å²) in [7, 11) is -2.26. The van der Waals surface area contributed by atoms with Gasteiger partial charge < -0.3 is 14.4 Å². The first-order chi connectivity index (χ1) is 10.3. The molecule has 1 aliphatic rings. The van der Waals surface area contributed by atoms with Gasteiger partial charge in [0.2, 0.25) is 10.0 Å². The Morgan fingerprint density at radius 2 is 2.14 bits per heavy atom. The van der Waals surface area contributed by atoms with Gasteiger partial charge >= 0.3 is 11.9 Å². The molecule has 22 heavy (non-hydrogen) atoms. The molecule has 9 heteroatoms. The number of hydrogen-bond donors (Lipinski definition) is 1. The topological polar surface area (TPSA) is 106 Å². The number of aromatic nitrogens is 1. The highest BCUT2D eigenvalue weighted by Crippen LogP contribution is 2.25. The molecule has 8 nitrogen and oxygen atoms in total. The minimum absolute atomic E-state index is 0.0379. The van der Waals surface area contributed by atoms with Crippen LogP contribution in [0.15, 0.2) is 17.2 Å². The molecular weight excluding hydrogens is 312 g/mol. The Bertz CT molecular complexity index is 693. The quantitative estimate of drug-likeness (QED) is 0.778. The van der Waals surface area contributed by atoms with Crippen molar-refractivity contribution in [3.63, 3.8) is 0 Å². The lowest BCUT2D eigenvalue weighted by atomic mass is 10.1. The molecule has 2 heterocycles. The Labute approximate surface area is 128 Å². The van der Waals surface area contributed by atoms with E-state index in [9.17, 15) is 18.0 Å². The average Bonchev–Trinajstić information content (AvgIpc) is 3.05. The van der Waals surface area contributed by atoms with E-state index in [2.05, 4.69) is 0 Å². The number of hydrogen-bond acceptors (Lipinski definition) is 5. The van der Waals surface area contributed by atoms with Gasteiger partial charge in [0.05, 0.1) is 12.5 Å². The van der Waals surface area contributed by atoms with Crippen LogP contribution in [0.3, 0.4) is 0 Å². The van der Waals surface area contributed by atoms with E-state index >= 15 is 0 Å². The van der Waals surface area contributed by atoms with Crippen molar-refractivity contribution in [3.8, 4) is 0 Å². The smallest absolute Gasteiger partial charge is 0.354 e. The first kappa shape index (κ1) is 16.5. The maximum absolute atomic E-state index is 12.5. The Morgan fingerprint density at radius 3 is 2.68 bits per heavy atom. The third kappa shape index (κ3) is 3.00. The minimum Gasteiger partial charge on any atom is -0.481 e. The zero-order valence-corrected chi connectivity index (χ0v) is 13.2. The highest BCUT2D eigenvalue weighted by Gasteiger charge is 2.36. The summed E-state index contributed by atoms with van der Waals surface area (Å²) in [6.07, 6.45) is 1.61. The van der Waals surface area contributed by atoms with Crippen LogP contribution in [0.4, 0.5) is 0 Å². The lowest BCUT2D eigenvalue weighted by Gasteiger charge is -2.14. The molecule has 122 valence electrons. The minimum atomic E-state index is -3.81. The van der Waals surface area contributed by atoms with Crippen molar-refractivity contribution in [2.24, 2.45) is 13.0 Å². The van der Waals surface area contributed by atoms with Crippen LogP contribution in [-0.4, -0.2) is 54.0 Å². The number of carbonyl (C=O) groups excluding carboxylic acids is 1. The van der Waals surface area contributed by atoms with Gasteiger partial charge in [0, 0.05) is 26.3 Å². The van der Waals surface area contributed by atoms with E-state index < -0.39 is 27.9 Å². The molecule has 0 bridgehead atoms. The number of ether oxygens (including phenoxy) is 1. The SMILES string of the molecule is CCOC(=O)c1cc(S(=O)(=O)N2CCC(C(=O)O)C2)cn1C. The third-order valence-electron chi connectivity index (χ3n) is 3.60. The molecule has 0 spiro atoms. The van der Waals surface area contributed by atoms with E-state index in [4.69, 9.17) is 9.84 Å². The second-order valence-corrected chi connectivity index (χ2v) is 7.02. The number of carboxylic acid groups (broad SMARTS) is 1. The van der Waals surface area contributed by atoms with Crippen LogP contribution < -0.4 is 0 Å². The molecule has 0 radical (unpaired) electrons. The summed E-state index contributed by atoms with van der Waals surface area (Å²) < 4.78 is 32.4. The molecule has 0 aromatic carbocycles. The number of nitrogens with zero attached hydrogens (tertiary/aromatic N) is 2. The number of rotatable bonds is 5. The lowest BCUT2D eigenvalue weighted by Crippen LogP contribution is -2.29. The van der Waals surface area contributed by atoms with Crippen molar-refractivity contribution in [2.45, 2.75) is 18.2 Å². The molecule has 1 fully saturated rings. The molecule has 2 rings (SSSR count). The van der Waals surface area contributed by atoms with E-state index in [1.165, 1.54) is 16.8 Å². The van der Waals surface area contributed by atoms with Gasteiger partial charge in [0.25, 0.3) is 0 Å². The fraction of sp³-hybridized carbons (Fsp3) is 0.538. The Hall–Kier alpha value is -1.87. The predicted octanol–water partition coefficient (Wildman–Crippen LogP) is 0.297. The summed E-state index contributed by atoms with van der Waals surface area (Å²) in [6, 6.07) is 1.25. The van der Waals surface area contributed by atoms with Crippen LogP contribution in [0.25, 0.3) is 0 Å². The van der Waals surface area contributed by atoms with Gasteiger partial charge in [0.1, 0.15) is 10.6 Å². The molecule has 0 amide bonds. The maximum atomic E-state index is 12.5. The van der Waals surface area contributed by atoms with Crippen molar-refractivity contribution >= 4 is 22.0 Å². The predicted molar refractivity (Wildman–Crippen MR) is 75.9 cm³/mol. The van der Waals surface area contributed by atoms with Crippen molar-refractivity contribution in [1.29, 1.82) is 0 Å². The molecular formula is C13H18N2O6S. The fourth-order valence-electron chi connectivity index (χ4n) is 2.38. The normalized spacial score (nSPS) is 19.3. The summed E-state index contributed by atoms with van der Waals surface area (Å²) in [5, 5.41) is 8.96. The summed E-state index contributed by atoms with van der Waals surface area (Å²) in [5.41, 5.74) is 0.134. The maximum Gasteiger partial charge on any atom is 0.354 e. The second kappa shape index (κ2) is 6.09. The highest BCUT2D eigenvalue weighted by molar-refractivity contribution is 7.89. The summed E-state index contributed by atoms with van der Waals surface area (Å²) in [4.78, 5) is 22.6. The van der Waals surface area contributed by atoms with Crippen LogP contribution in [0.1, 0.15) is 23.8 Å². The zero-order chi connectivity index (χ0) is 16.5. The van der Waals surface area contributed by atoms with Gasteiger partial charge in [-0.3, -0.25) is 4.79 Å². The van der Waals surface area contributed by atoms with Gasteiger partial charge in [-0.25, -0.2) is 13.2 Å². The fourth-order valence-corrected chi connectivity index (χ4v) is 3.95. The summed E-state index contributed by atoms with van der Waals surface area (Å²) in [5.74, 6) is -2.29. The molecule has 1 aliphatic heterocycles.